The smallest absolute Gasteiger partial charge is 0.226 e. The summed E-state index contributed by atoms with van der Waals surface area (Å²) in [5, 5.41) is 0. The Morgan fingerprint density at radius 3 is 2.47 bits per heavy atom. The Labute approximate surface area is 107 Å². The van der Waals surface area contributed by atoms with Gasteiger partial charge in [0.25, 0.3) is 0 Å². The third-order valence-corrected chi connectivity index (χ3v) is 3.31. The molecular formula is C13H16N2OS. The van der Waals surface area contributed by atoms with Crippen molar-refractivity contribution in [3.63, 3.8) is 0 Å². The predicted octanol–water partition coefficient (Wildman–Crippen LogP) is 2.08. The summed E-state index contributed by atoms with van der Waals surface area (Å²) in [6.07, 6.45) is 3.05. The van der Waals surface area contributed by atoms with Crippen LogP contribution in [0.4, 0.5) is 5.69 Å². The Bertz CT molecular complexity index is 437. The van der Waals surface area contributed by atoms with Crippen molar-refractivity contribution < 1.29 is 4.79 Å². The van der Waals surface area contributed by atoms with Crippen molar-refractivity contribution in [3.8, 4) is 0 Å². The summed E-state index contributed by atoms with van der Waals surface area (Å²) in [7, 11) is 1.81. The normalized spacial score (nSPS) is 14.4. The molecule has 0 atom stereocenters. The number of anilines is 1. The van der Waals surface area contributed by atoms with Crippen molar-refractivity contribution in [2.45, 2.75) is 19.3 Å². The second kappa shape index (κ2) is 4.84. The molecule has 1 aromatic carbocycles. The number of nitrogens with two attached hydrogens (primary N) is 1. The van der Waals surface area contributed by atoms with Gasteiger partial charge in [-0.05, 0) is 43.0 Å². The molecule has 0 radical (unpaired) electrons. The zero-order valence-corrected chi connectivity index (χ0v) is 10.7. The first kappa shape index (κ1) is 12.0. The van der Waals surface area contributed by atoms with Crippen LogP contribution in [0.5, 0.6) is 0 Å². The van der Waals surface area contributed by atoms with Crippen LogP contribution in [-0.4, -0.2) is 17.9 Å². The number of hydrogen-bond acceptors (Lipinski definition) is 2. The van der Waals surface area contributed by atoms with E-state index in [0.717, 1.165) is 11.3 Å². The minimum absolute atomic E-state index is 0.176. The molecule has 0 aromatic heterocycles. The van der Waals surface area contributed by atoms with E-state index in [0.29, 0.717) is 17.3 Å². The summed E-state index contributed by atoms with van der Waals surface area (Å²) < 4.78 is 0. The first-order valence-electron chi connectivity index (χ1n) is 5.74. The number of amides is 1. The first-order chi connectivity index (χ1) is 8.08. The van der Waals surface area contributed by atoms with E-state index in [9.17, 15) is 4.79 Å². The summed E-state index contributed by atoms with van der Waals surface area (Å²) in [5.41, 5.74) is 7.24. The second-order valence-electron chi connectivity index (χ2n) is 4.51. The van der Waals surface area contributed by atoms with E-state index < -0.39 is 0 Å². The van der Waals surface area contributed by atoms with Crippen LogP contribution in [0.1, 0.15) is 24.8 Å². The number of hydrogen-bond donors (Lipinski definition) is 1. The zero-order valence-electron chi connectivity index (χ0n) is 9.85. The van der Waals surface area contributed by atoms with Gasteiger partial charge < -0.3 is 10.6 Å². The molecule has 2 rings (SSSR count). The molecule has 0 spiro atoms. The maximum atomic E-state index is 11.9. The highest BCUT2D eigenvalue weighted by Gasteiger charge is 2.26. The first-order valence-corrected chi connectivity index (χ1v) is 6.15. The van der Waals surface area contributed by atoms with E-state index in [2.05, 4.69) is 0 Å². The highest BCUT2D eigenvalue weighted by atomic mass is 32.1. The van der Waals surface area contributed by atoms with Crippen molar-refractivity contribution in [2.24, 2.45) is 11.7 Å². The lowest BCUT2D eigenvalue weighted by Crippen LogP contribution is -2.26. The average Bonchev–Trinajstić information content (AvgIpc) is 3.12. The molecule has 0 bridgehead atoms. The highest BCUT2D eigenvalue weighted by molar-refractivity contribution is 7.80. The Morgan fingerprint density at radius 2 is 2.00 bits per heavy atom. The van der Waals surface area contributed by atoms with Gasteiger partial charge in [0.05, 0.1) is 0 Å². The van der Waals surface area contributed by atoms with Gasteiger partial charge in [0.1, 0.15) is 4.99 Å². The molecular weight excluding hydrogens is 232 g/mol. The fourth-order valence-corrected chi connectivity index (χ4v) is 1.84. The lowest BCUT2D eigenvalue weighted by atomic mass is 10.2. The molecule has 3 nitrogen and oxygen atoms in total. The molecule has 0 unspecified atom stereocenters. The van der Waals surface area contributed by atoms with Gasteiger partial charge in [-0.25, -0.2) is 0 Å². The molecule has 1 aromatic rings. The zero-order chi connectivity index (χ0) is 12.4. The van der Waals surface area contributed by atoms with E-state index in [1.807, 2.05) is 24.3 Å². The van der Waals surface area contributed by atoms with Gasteiger partial charge in [0, 0.05) is 24.7 Å². The third-order valence-electron chi connectivity index (χ3n) is 3.07. The summed E-state index contributed by atoms with van der Waals surface area (Å²) >= 11 is 4.89. The minimum Gasteiger partial charge on any atom is -0.389 e. The molecule has 1 aliphatic rings. The number of carbonyl (C=O) groups is 1. The van der Waals surface area contributed by atoms with E-state index in [1.165, 1.54) is 12.8 Å². The minimum atomic E-state index is 0.176. The van der Waals surface area contributed by atoms with Gasteiger partial charge in [0.15, 0.2) is 0 Å². The lowest BCUT2D eigenvalue weighted by molar-refractivity contribution is -0.118. The van der Waals surface area contributed by atoms with Crippen LogP contribution in [0.2, 0.25) is 0 Å². The van der Waals surface area contributed by atoms with Gasteiger partial charge in [-0.3, -0.25) is 4.79 Å². The molecule has 0 heterocycles. The molecule has 90 valence electrons. The fourth-order valence-electron chi connectivity index (χ4n) is 1.70. The topological polar surface area (TPSA) is 46.3 Å². The summed E-state index contributed by atoms with van der Waals surface area (Å²) in [4.78, 5) is 14.0. The van der Waals surface area contributed by atoms with E-state index in [-0.39, 0.29) is 5.91 Å². The summed E-state index contributed by atoms with van der Waals surface area (Å²) in [5.74, 6) is 0.788. The monoisotopic (exact) mass is 248 g/mol. The van der Waals surface area contributed by atoms with Crippen LogP contribution >= 0.6 is 12.2 Å². The number of benzene rings is 1. The van der Waals surface area contributed by atoms with Gasteiger partial charge in [0.2, 0.25) is 5.91 Å². The molecule has 4 heteroatoms. The van der Waals surface area contributed by atoms with Gasteiger partial charge in [-0.2, -0.15) is 0 Å². The molecule has 1 saturated carbocycles. The number of carbonyl (C=O) groups excluding carboxylic acids is 1. The van der Waals surface area contributed by atoms with E-state index in [4.69, 9.17) is 18.0 Å². The molecule has 2 N–H and O–H groups in total. The number of nitrogens with zero attached hydrogens (tertiary/aromatic N) is 1. The molecule has 1 amide bonds. The quantitative estimate of drug-likeness (QED) is 0.830. The average molecular weight is 248 g/mol. The van der Waals surface area contributed by atoms with Crippen molar-refractivity contribution in [1.82, 2.24) is 0 Å². The summed E-state index contributed by atoms with van der Waals surface area (Å²) in [6, 6.07) is 7.44. The standard InChI is InChI=1S/C13H16N2OS/c1-15(12(16)8-9-2-3-9)11-6-4-10(5-7-11)13(14)17/h4-7,9H,2-3,8H2,1H3,(H2,14,17). The Kier molecular flexibility index (Phi) is 3.43. The lowest BCUT2D eigenvalue weighted by Gasteiger charge is -2.17. The largest absolute Gasteiger partial charge is 0.389 e. The van der Waals surface area contributed by atoms with Gasteiger partial charge >= 0.3 is 0 Å². The van der Waals surface area contributed by atoms with E-state index in [1.54, 1.807) is 11.9 Å². The third kappa shape index (κ3) is 3.03. The maximum absolute atomic E-state index is 11.9. The fraction of sp³-hybridized carbons (Fsp3) is 0.385. The van der Waals surface area contributed by atoms with Crippen LogP contribution in [0.25, 0.3) is 0 Å². The Hall–Kier alpha value is -1.42. The molecule has 1 fully saturated rings. The Balaban J connectivity index is 2.04. The molecule has 0 aliphatic heterocycles. The van der Waals surface area contributed by atoms with Crippen molar-refractivity contribution in [3.05, 3.63) is 29.8 Å². The Morgan fingerprint density at radius 1 is 1.41 bits per heavy atom. The van der Waals surface area contributed by atoms with Crippen LogP contribution in [-0.2, 0) is 4.79 Å². The second-order valence-corrected chi connectivity index (χ2v) is 4.95. The van der Waals surface area contributed by atoms with Crippen molar-refractivity contribution in [2.75, 3.05) is 11.9 Å². The van der Waals surface area contributed by atoms with Gasteiger partial charge in [-0.1, -0.05) is 12.2 Å². The summed E-state index contributed by atoms with van der Waals surface area (Å²) in [6.45, 7) is 0. The predicted molar refractivity (Wildman–Crippen MR) is 73.1 cm³/mol. The highest BCUT2D eigenvalue weighted by Crippen LogP contribution is 2.33. The molecule has 0 saturated heterocycles. The number of rotatable bonds is 4. The molecule has 17 heavy (non-hydrogen) atoms. The van der Waals surface area contributed by atoms with Crippen molar-refractivity contribution >= 4 is 28.8 Å². The molecule has 1 aliphatic carbocycles. The van der Waals surface area contributed by atoms with Crippen LogP contribution < -0.4 is 10.6 Å². The van der Waals surface area contributed by atoms with Gasteiger partial charge in [-0.15, -0.1) is 0 Å². The van der Waals surface area contributed by atoms with E-state index >= 15 is 0 Å². The number of thiocarbonyl (C=S) groups is 1. The SMILES string of the molecule is CN(C(=O)CC1CC1)c1ccc(C(N)=S)cc1. The van der Waals surface area contributed by atoms with Crippen molar-refractivity contribution in [1.29, 1.82) is 0 Å². The van der Waals surface area contributed by atoms with Crippen LogP contribution in [0, 0.1) is 5.92 Å². The maximum Gasteiger partial charge on any atom is 0.226 e. The van der Waals surface area contributed by atoms with Crippen LogP contribution in [0.3, 0.4) is 0 Å². The van der Waals surface area contributed by atoms with Crippen LogP contribution in [0.15, 0.2) is 24.3 Å².